The normalized spacial score (nSPS) is 20.2. The van der Waals surface area contributed by atoms with E-state index in [1.54, 1.807) is 0 Å². The maximum absolute atomic E-state index is 9.06. The number of aromatic amines is 1. The molecule has 2 rings (SSSR count). The van der Waals surface area contributed by atoms with Gasteiger partial charge < -0.3 is 10.1 Å². The minimum absolute atomic E-state index is 0.00569. The van der Waals surface area contributed by atoms with Crippen LogP contribution >= 0.6 is 0 Å². The highest BCUT2D eigenvalue weighted by molar-refractivity contribution is 5.19. The zero-order chi connectivity index (χ0) is 7.90. The summed E-state index contributed by atoms with van der Waals surface area (Å²) in [5, 5.41) is 9.06. The molecule has 1 aliphatic carbocycles. The fourth-order valence-electron chi connectivity index (χ4n) is 1.30. The topological polar surface area (TPSA) is 48.9 Å². The minimum atomic E-state index is -0.00569. The SMILES string of the molecule is Cc1cnc(C2(CO)CC2)[nH]1. The first-order chi connectivity index (χ1) is 5.27. The lowest BCUT2D eigenvalue weighted by Gasteiger charge is -2.05. The largest absolute Gasteiger partial charge is 0.395 e. The van der Waals surface area contributed by atoms with Crippen LogP contribution in [0.15, 0.2) is 6.20 Å². The summed E-state index contributed by atoms with van der Waals surface area (Å²) in [6.07, 6.45) is 3.94. The van der Waals surface area contributed by atoms with Gasteiger partial charge in [0, 0.05) is 11.9 Å². The molecule has 1 fully saturated rings. The van der Waals surface area contributed by atoms with Crippen molar-refractivity contribution in [2.45, 2.75) is 25.2 Å². The lowest BCUT2D eigenvalue weighted by molar-refractivity contribution is 0.250. The summed E-state index contributed by atoms with van der Waals surface area (Å²) >= 11 is 0. The number of hydrogen-bond acceptors (Lipinski definition) is 2. The Morgan fingerprint density at radius 3 is 2.82 bits per heavy atom. The number of aryl methyl sites for hydroxylation is 1. The Hall–Kier alpha value is -0.830. The van der Waals surface area contributed by atoms with Crippen molar-refractivity contribution in [3.8, 4) is 0 Å². The number of nitrogens with zero attached hydrogens (tertiary/aromatic N) is 1. The first-order valence-electron chi connectivity index (χ1n) is 3.90. The first-order valence-corrected chi connectivity index (χ1v) is 3.90. The van der Waals surface area contributed by atoms with Gasteiger partial charge in [0.25, 0.3) is 0 Å². The lowest BCUT2D eigenvalue weighted by atomic mass is 10.1. The van der Waals surface area contributed by atoms with Crippen LogP contribution in [-0.4, -0.2) is 21.7 Å². The van der Waals surface area contributed by atoms with E-state index in [1.165, 1.54) is 0 Å². The molecule has 1 aliphatic rings. The summed E-state index contributed by atoms with van der Waals surface area (Å²) in [7, 11) is 0. The number of H-pyrrole nitrogens is 1. The van der Waals surface area contributed by atoms with Gasteiger partial charge in [0.15, 0.2) is 0 Å². The fraction of sp³-hybridized carbons (Fsp3) is 0.625. The molecule has 3 nitrogen and oxygen atoms in total. The molecule has 3 heteroatoms. The van der Waals surface area contributed by atoms with Crippen LogP contribution in [-0.2, 0) is 5.41 Å². The van der Waals surface area contributed by atoms with Crippen LogP contribution < -0.4 is 0 Å². The van der Waals surface area contributed by atoms with Crippen molar-refractivity contribution >= 4 is 0 Å². The second-order valence-corrected chi connectivity index (χ2v) is 3.35. The predicted octanol–water partition coefficient (Wildman–Crippen LogP) is 0.742. The Morgan fingerprint density at radius 2 is 2.45 bits per heavy atom. The van der Waals surface area contributed by atoms with Crippen LogP contribution in [0.4, 0.5) is 0 Å². The van der Waals surface area contributed by atoms with E-state index in [2.05, 4.69) is 9.97 Å². The number of aromatic nitrogens is 2. The van der Waals surface area contributed by atoms with Crippen LogP contribution in [0.5, 0.6) is 0 Å². The van der Waals surface area contributed by atoms with E-state index in [4.69, 9.17) is 5.11 Å². The Balaban J connectivity index is 2.29. The van der Waals surface area contributed by atoms with Crippen LogP contribution in [0, 0.1) is 6.92 Å². The van der Waals surface area contributed by atoms with E-state index in [0.29, 0.717) is 0 Å². The molecule has 0 aliphatic heterocycles. The Morgan fingerprint density at radius 1 is 1.73 bits per heavy atom. The molecule has 0 spiro atoms. The van der Waals surface area contributed by atoms with Crippen molar-refractivity contribution in [2.24, 2.45) is 0 Å². The van der Waals surface area contributed by atoms with Gasteiger partial charge in [0.1, 0.15) is 5.82 Å². The summed E-state index contributed by atoms with van der Waals surface area (Å²) < 4.78 is 0. The molecule has 1 aromatic heterocycles. The second kappa shape index (κ2) is 2.08. The average molecular weight is 152 g/mol. The van der Waals surface area contributed by atoms with E-state index < -0.39 is 0 Å². The zero-order valence-electron chi connectivity index (χ0n) is 6.59. The quantitative estimate of drug-likeness (QED) is 0.656. The van der Waals surface area contributed by atoms with Crippen LogP contribution in [0.1, 0.15) is 24.4 Å². The molecule has 11 heavy (non-hydrogen) atoms. The van der Waals surface area contributed by atoms with Crippen molar-refractivity contribution in [3.63, 3.8) is 0 Å². The van der Waals surface area contributed by atoms with Crippen molar-refractivity contribution in [3.05, 3.63) is 17.7 Å². The van der Waals surface area contributed by atoms with Gasteiger partial charge in [0.2, 0.25) is 0 Å². The Kier molecular flexibility index (Phi) is 1.29. The second-order valence-electron chi connectivity index (χ2n) is 3.35. The zero-order valence-corrected chi connectivity index (χ0v) is 6.59. The molecule has 1 heterocycles. The molecule has 2 N–H and O–H groups in total. The van der Waals surface area contributed by atoms with E-state index in [0.717, 1.165) is 24.4 Å². The smallest absolute Gasteiger partial charge is 0.114 e. The Bertz CT molecular complexity index is 263. The molecule has 60 valence electrons. The van der Waals surface area contributed by atoms with Crippen LogP contribution in [0.3, 0.4) is 0 Å². The molecule has 0 aromatic carbocycles. The molecule has 1 aromatic rings. The van der Waals surface area contributed by atoms with Crippen LogP contribution in [0.2, 0.25) is 0 Å². The molecule has 0 amide bonds. The van der Waals surface area contributed by atoms with Gasteiger partial charge in [0.05, 0.1) is 12.0 Å². The summed E-state index contributed by atoms with van der Waals surface area (Å²) in [4.78, 5) is 7.36. The standard InChI is InChI=1S/C8H12N2O/c1-6-4-9-7(10-6)8(5-11)2-3-8/h4,11H,2-3,5H2,1H3,(H,9,10). The summed E-state index contributed by atoms with van der Waals surface area (Å²) in [6.45, 7) is 2.20. The average Bonchev–Trinajstić information content (AvgIpc) is 2.70. The molecule has 0 radical (unpaired) electrons. The highest BCUT2D eigenvalue weighted by Crippen LogP contribution is 2.45. The predicted molar refractivity (Wildman–Crippen MR) is 41.3 cm³/mol. The van der Waals surface area contributed by atoms with E-state index in [9.17, 15) is 0 Å². The third kappa shape index (κ3) is 0.959. The van der Waals surface area contributed by atoms with Crippen molar-refractivity contribution in [2.75, 3.05) is 6.61 Å². The lowest BCUT2D eigenvalue weighted by Crippen LogP contribution is -2.13. The third-order valence-corrected chi connectivity index (χ3v) is 2.36. The fourth-order valence-corrected chi connectivity index (χ4v) is 1.30. The highest BCUT2D eigenvalue weighted by atomic mass is 16.3. The molecule has 0 unspecified atom stereocenters. The maximum Gasteiger partial charge on any atom is 0.114 e. The van der Waals surface area contributed by atoms with Crippen LogP contribution in [0.25, 0.3) is 0 Å². The molecule has 0 saturated heterocycles. The van der Waals surface area contributed by atoms with E-state index >= 15 is 0 Å². The van der Waals surface area contributed by atoms with Crippen molar-refractivity contribution in [1.29, 1.82) is 0 Å². The summed E-state index contributed by atoms with van der Waals surface area (Å²) in [6, 6.07) is 0. The maximum atomic E-state index is 9.06. The summed E-state index contributed by atoms with van der Waals surface area (Å²) in [5.41, 5.74) is 1.06. The number of rotatable bonds is 2. The monoisotopic (exact) mass is 152 g/mol. The van der Waals surface area contributed by atoms with Gasteiger partial charge in [-0.05, 0) is 19.8 Å². The first kappa shape index (κ1) is 6.85. The number of hydrogen-bond donors (Lipinski definition) is 2. The van der Waals surface area contributed by atoms with Gasteiger partial charge in [-0.15, -0.1) is 0 Å². The molecular formula is C8H12N2O. The van der Waals surface area contributed by atoms with Crippen molar-refractivity contribution in [1.82, 2.24) is 9.97 Å². The number of aliphatic hydroxyl groups excluding tert-OH is 1. The number of imidazole rings is 1. The highest BCUT2D eigenvalue weighted by Gasteiger charge is 2.46. The summed E-state index contributed by atoms with van der Waals surface area (Å²) in [5.74, 6) is 0.956. The molecular weight excluding hydrogens is 140 g/mol. The third-order valence-electron chi connectivity index (χ3n) is 2.36. The van der Waals surface area contributed by atoms with Gasteiger partial charge in [-0.1, -0.05) is 0 Å². The number of nitrogens with one attached hydrogen (secondary N) is 1. The van der Waals surface area contributed by atoms with Gasteiger partial charge in [-0.25, -0.2) is 4.98 Å². The Labute approximate surface area is 65.5 Å². The molecule has 0 bridgehead atoms. The minimum Gasteiger partial charge on any atom is -0.395 e. The molecule has 1 saturated carbocycles. The van der Waals surface area contributed by atoms with E-state index in [1.807, 2.05) is 13.1 Å². The van der Waals surface area contributed by atoms with Crippen molar-refractivity contribution < 1.29 is 5.11 Å². The number of aliphatic hydroxyl groups is 1. The van der Waals surface area contributed by atoms with Gasteiger partial charge in [-0.3, -0.25) is 0 Å². The molecule has 0 atom stereocenters. The van der Waals surface area contributed by atoms with E-state index in [-0.39, 0.29) is 12.0 Å². The van der Waals surface area contributed by atoms with Gasteiger partial charge >= 0.3 is 0 Å². The van der Waals surface area contributed by atoms with Gasteiger partial charge in [-0.2, -0.15) is 0 Å².